The number of hydrogen-bond acceptors (Lipinski definition) is 3. The maximum Gasteiger partial charge on any atom is 0.228 e. The molecule has 1 aromatic carbocycles. The van der Waals surface area contributed by atoms with E-state index >= 15 is 0 Å². The van der Waals surface area contributed by atoms with E-state index in [-0.39, 0.29) is 11.9 Å². The number of nitrogens with zero attached hydrogens (tertiary/aromatic N) is 1. The molecule has 1 amide bonds. The molecule has 3 rings (SSSR count). The predicted molar refractivity (Wildman–Crippen MR) is 87.8 cm³/mol. The van der Waals surface area contributed by atoms with Crippen LogP contribution in [-0.4, -0.2) is 19.0 Å². The van der Waals surface area contributed by atoms with Gasteiger partial charge >= 0.3 is 0 Å². The summed E-state index contributed by atoms with van der Waals surface area (Å²) in [7, 11) is 1.85. The average Bonchev–Trinajstić information content (AvgIpc) is 2.97. The van der Waals surface area contributed by atoms with Crippen molar-refractivity contribution in [2.24, 2.45) is 0 Å². The molecular formula is C17H20N2OS. The SMILES string of the molecule is CC(Cc1ccsc1)NC1CC(=O)N(C)c2ccccc21. The summed E-state index contributed by atoms with van der Waals surface area (Å²) in [4.78, 5) is 13.9. The Morgan fingerprint density at radius 3 is 2.95 bits per heavy atom. The van der Waals surface area contributed by atoms with E-state index in [0.717, 1.165) is 12.1 Å². The Hall–Kier alpha value is -1.65. The fourth-order valence-electron chi connectivity index (χ4n) is 2.96. The lowest BCUT2D eigenvalue weighted by molar-refractivity contribution is -0.119. The monoisotopic (exact) mass is 300 g/mol. The lowest BCUT2D eigenvalue weighted by Gasteiger charge is -2.33. The second-order valence-corrected chi connectivity index (χ2v) is 6.45. The lowest BCUT2D eigenvalue weighted by Crippen LogP contribution is -2.41. The molecule has 0 saturated heterocycles. The Morgan fingerprint density at radius 1 is 1.38 bits per heavy atom. The van der Waals surface area contributed by atoms with Crippen LogP contribution in [0.5, 0.6) is 0 Å². The molecule has 0 fully saturated rings. The fraction of sp³-hybridized carbons (Fsp3) is 0.353. The van der Waals surface area contributed by atoms with Gasteiger partial charge in [-0.05, 0) is 47.4 Å². The van der Waals surface area contributed by atoms with Crippen LogP contribution in [0.15, 0.2) is 41.1 Å². The molecule has 2 atom stereocenters. The zero-order valence-electron chi connectivity index (χ0n) is 12.4. The minimum atomic E-state index is 0.110. The van der Waals surface area contributed by atoms with Gasteiger partial charge in [-0.3, -0.25) is 4.79 Å². The lowest BCUT2D eigenvalue weighted by atomic mass is 9.95. The minimum absolute atomic E-state index is 0.110. The molecule has 1 aromatic heterocycles. The second-order valence-electron chi connectivity index (χ2n) is 5.67. The number of rotatable bonds is 4. The molecule has 2 aromatic rings. The van der Waals surface area contributed by atoms with Crippen molar-refractivity contribution in [1.82, 2.24) is 5.32 Å². The predicted octanol–water partition coefficient (Wildman–Crippen LogP) is 3.38. The van der Waals surface area contributed by atoms with Crippen LogP contribution in [0.1, 0.15) is 30.5 Å². The highest BCUT2D eigenvalue weighted by Gasteiger charge is 2.29. The molecule has 0 aliphatic carbocycles. The third-order valence-electron chi connectivity index (χ3n) is 4.03. The molecule has 0 spiro atoms. The first kappa shape index (κ1) is 14.3. The second kappa shape index (κ2) is 6.00. The Labute approximate surface area is 129 Å². The number of amides is 1. The van der Waals surface area contributed by atoms with E-state index in [1.165, 1.54) is 11.1 Å². The third kappa shape index (κ3) is 3.01. The Bertz CT molecular complexity index is 623. The third-order valence-corrected chi connectivity index (χ3v) is 4.77. The number of para-hydroxylation sites is 1. The van der Waals surface area contributed by atoms with Gasteiger partial charge in [-0.2, -0.15) is 11.3 Å². The summed E-state index contributed by atoms with van der Waals surface area (Å²) in [5.74, 6) is 0.175. The van der Waals surface area contributed by atoms with Crippen molar-refractivity contribution in [2.75, 3.05) is 11.9 Å². The van der Waals surface area contributed by atoms with Crippen molar-refractivity contribution in [3.05, 3.63) is 52.2 Å². The zero-order valence-corrected chi connectivity index (χ0v) is 13.2. The summed E-state index contributed by atoms with van der Waals surface area (Å²) in [5, 5.41) is 7.92. The summed E-state index contributed by atoms with van der Waals surface area (Å²) in [5.41, 5.74) is 3.60. The van der Waals surface area contributed by atoms with Gasteiger partial charge in [0.25, 0.3) is 0 Å². The van der Waals surface area contributed by atoms with Crippen molar-refractivity contribution >= 4 is 22.9 Å². The normalized spacial score (nSPS) is 19.4. The van der Waals surface area contributed by atoms with Crippen LogP contribution in [-0.2, 0) is 11.2 Å². The molecule has 0 bridgehead atoms. The van der Waals surface area contributed by atoms with Gasteiger partial charge in [-0.1, -0.05) is 18.2 Å². The maximum absolute atomic E-state index is 12.2. The number of benzene rings is 1. The van der Waals surface area contributed by atoms with Crippen molar-refractivity contribution < 1.29 is 4.79 Å². The van der Waals surface area contributed by atoms with Crippen LogP contribution in [0.25, 0.3) is 0 Å². The smallest absolute Gasteiger partial charge is 0.228 e. The van der Waals surface area contributed by atoms with Gasteiger partial charge in [0, 0.05) is 31.2 Å². The van der Waals surface area contributed by atoms with Gasteiger partial charge in [0.05, 0.1) is 0 Å². The average molecular weight is 300 g/mol. The first-order valence-corrected chi connectivity index (χ1v) is 8.22. The first-order valence-electron chi connectivity index (χ1n) is 7.27. The van der Waals surface area contributed by atoms with E-state index in [1.807, 2.05) is 25.2 Å². The molecule has 3 nitrogen and oxygen atoms in total. The molecule has 21 heavy (non-hydrogen) atoms. The molecule has 110 valence electrons. The van der Waals surface area contributed by atoms with Gasteiger partial charge in [-0.25, -0.2) is 0 Å². The van der Waals surface area contributed by atoms with Gasteiger partial charge < -0.3 is 10.2 Å². The Kier molecular flexibility index (Phi) is 4.08. The molecule has 2 heterocycles. The number of thiophene rings is 1. The molecule has 4 heteroatoms. The number of carbonyl (C=O) groups excluding carboxylic acids is 1. The Morgan fingerprint density at radius 2 is 2.19 bits per heavy atom. The fourth-order valence-corrected chi connectivity index (χ4v) is 3.64. The van der Waals surface area contributed by atoms with Crippen LogP contribution in [0, 0.1) is 0 Å². The van der Waals surface area contributed by atoms with E-state index in [1.54, 1.807) is 16.2 Å². The van der Waals surface area contributed by atoms with Crippen LogP contribution >= 0.6 is 11.3 Å². The first-order chi connectivity index (χ1) is 10.1. The topological polar surface area (TPSA) is 32.3 Å². The van der Waals surface area contributed by atoms with Gasteiger partial charge in [0.1, 0.15) is 0 Å². The van der Waals surface area contributed by atoms with Crippen LogP contribution in [0.2, 0.25) is 0 Å². The molecule has 1 N–H and O–H groups in total. The van der Waals surface area contributed by atoms with Crippen LogP contribution in [0.3, 0.4) is 0 Å². The largest absolute Gasteiger partial charge is 0.315 e. The molecular weight excluding hydrogens is 280 g/mol. The summed E-state index contributed by atoms with van der Waals surface area (Å²) in [6.45, 7) is 2.18. The molecule has 0 radical (unpaired) electrons. The Balaban J connectivity index is 1.76. The van der Waals surface area contributed by atoms with Crippen molar-refractivity contribution in [2.45, 2.75) is 31.8 Å². The van der Waals surface area contributed by atoms with E-state index < -0.39 is 0 Å². The van der Waals surface area contributed by atoms with Crippen molar-refractivity contribution in [3.8, 4) is 0 Å². The molecule has 1 aliphatic heterocycles. The molecule has 0 saturated carbocycles. The highest BCUT2D eigenvalue weighted by atomic mass is 32.1. The standard InChI is InChI=1S/C17H20N2OS/c1-12(9-13-7-8-21-11-13)18-15-10-17(20)19(2)16-6-4-3-5-14(15)16/h3-8,11-12,15,18H,9-10H2,1-2H3. The highest BCUT2D eigenvalue weighted by Crippen LogP contribution is 2.33. The number of hydrogen-bond donors (Lipinski definition) is 1. The van der Waals surface area contributed by atoms with Crippen molar-refractivity contribution in [1.29, 1.82) is 0 Å². The summed E-state index contributed by atoms with van der Waals surface area (Å²) >= 11 is 1.73. The summed E-state index contributed by atoms with van der Waals surface area (Å²) in [6.07, 6.45) is 1.52. The van der Waals surface area contributed by atoms with E-state index in [9.17, 15) is 4.79 Å². The number of fused-ring (bicyclic) bond motifs is 1. The van der Waals surface area contributed by atoms with Crippen molar-refractivity contribution in [3.63, 3.8) is 0 Å². The van der Waals surface area contributed by atoms with Crippen LogP contribution in [0.4, 0.5) is 5.69 Å². The van der Waals surface area contributed by atoms with E-state index in [4.69, 9.17) is 0 Å². The van der Waals surface area contributed by atoms with E-state index in [0.29, 0.717) is 12.5 Å². The summed E-state index contributed by atoms with van der Waals surface area (Å²) in [6, 6.07) is 10.8. The zero-order chi connectivity index (χ0) is 14.8. The van der Waals surface area contributed by atoms with Gasteiger partial charge in [0.2, 0.25) is 5.91 Å². The van der Waals surface area contributed by atoms with E-state index in [2.05, 4.69) is 35.1 Å². The maximum atomic E-state index is 12.2. The quantitative estimate of drug-likeness (QED) is 0.939. The molecule has 1 aliphatic rings. The highest BCUT2D eigenvalue weighted by molar-refractivity contribution is 7.07. The minimum Gasteiger partial charge on any atom is -0.315 e. The number of nitrogens with one attached hydrogen (secondary N) is 1. The number of anilines is 1. The van der Waals surface area contributed by atoms with Gasteiger partial charge in [0.15, 0.2) is 0 Å². The van der Waals surface area contributed by atoms with Crippen LogP contribution < -0.4 is 10.2 Å². The summed E-state index contributed by atoms with van der Waals surface area (Å²) < 4.78 is 0. The molecule has 2 unspecified atom stereocenters. The van der Waals surface area contributed by atoms with Gasteiger partial charge in [-0.15, -0.1) is 0 Å². The number of carbonyl (C=O) groups is 1.